The number of aromatic amines is 1. The van der Waals surface area contributed by atoms with Crippen LogP contribution >= 0.6 is 0 Å². The number of fused-ring (bicyclic) bond motifs is 1. The lowest BCUT2D eigenvalue weighted by Crippen LogP contribution is -2.27. The molecule has 2 aromatic carbocycles. The molecular formula is C22H24N4O5. The van der Waals surface area contributed by atoms with Crippen LogP contribution in [0.1, 0.15) is 24.2 Å². The number of rotatable bonds is 9. The molecule has 3 aromatic rings. The summed E-state index contributed by atoms with van der Waals surface area (Å²) in [6, 6.07) is 12.0. The first kappa shape index (κ1) is 22.0. The van der Waals surface area contributed by atoms with Gasteiger partial charge in [0.05, 0.1) is 10.5 Å². The molecule has 0 aliphatic carbocycles. The van der Waals surface area contributed by atoms with Crippen molar-refractivity contribution in [3.05, 3.63) is 74.6 Å². The second kappa shape index (κ2) is 9.86. The zero-order valence-corrected chi connectivity index (χ0v) is 17.4. The van der Waals surface area contributed by atoms with E-state index in [2.05, 4.69) is 29.0 Å². The fraction of sp³-hybridized carbons (Fsp3) is 0.273. The second-order valence-corrected chi connectivity index (χ2v) is 6.89. The van der Waals surface area contributed by atoms with Crippen LogP contribution < -0.4 is 15.6 Å². The van der Waals surface area contributed by atoms with Crippen LogP contribution in [0.15, 0.2) is 53.3 Å². The van der Waals surface area contributed by atoms with E-state index in [9.17, 15) is 19.7 Å². The predicted molar refractivity (Wildman–Crippen MR) is 119 cm³/mol. The number of non-ortho nitro benzene ring substituents is 1. The summed E-state index contributed by atoms with van der Waals surface area (Å²) in [6.45, 7) is 7.51. The Morgan fingerprint density at radius 2 is 1.84 bits per heavy atom. The number of hydrogen-bond acceptors (Lipinski definition) is 6. The number of H-pyrrole nitrogens is 1. The van der Waals surface area contributed by atoms with Crippen LogP contribution in [-0.2, 0) is 0 Å². The lowest BCUT2D eigenvalue weighted by molar-refractivity contribution is -0.384. The molecule has 3 rings (SSSR count). The molecule has 0 aliphatic heterocycles. The fourth-order valence-electron chi connectivity index (χ4n) is 3.21. The number of nitro groups is 1. The van der Waals surface area contributed by atoms with E-state index < -0.39 is 16.4 Å². The summed E-state index contributed by atoms with van der Waals surface area (Å²) in [5.41, 5.74) is 0.283. The van der Waals surface area contributed by atoms with Gasteiger partial charge in [0.25, 0.3) is 11.6 Å². The number of amides is 1. The SMILES string of the molecule is CCN(CC)CCOc1ccc(NC(=O)c2cc(=O)[nH]c3ccc([N+](=O)[O-])cc23)cc1. The van der Waals surface area contributed by atoms with Crippen LogP contribution in [0.4, 0.5) is 11.4 Å². The van der Waals surface area contributed by atoms with Crippen molar-refractivity contribution in [3.8, 4) is 5.75 Å². The van der Waals surface area contributed by atoms with Crippen molar-refractivity contribution in [1.82, 2.24) is 9.88 Å². The number of carbonyl (C=O) groups is 1. The third-order valence-electron chi connectivity index (χ3n) is 4.96. The highest BCUT2D eigenvalue weighted by atomic mass is 16.6. The number of ether oxygens (including phenoxy) is 1. The van der Waals surface area contributed by atoms with Gasteiger partial charge in [-0.2, -0.15) is 0 Å². The molecule has 0 radical (unpaired) electrons. The van der Waals surface area contributed by atoms with Crippen LogP contribution in [-0.4, -0.2) is 47.0 Å². The lowest BCUT2D eigenvalue weighted by Gasteiger charge is -2.18. The molecule has 0 aliphatic rings. The smallest absolute Gasteiger partial charge is 0.270 e. The molecule has 162 valence electrons. The molecule has 0 saturated carbocycles. The van der Waals surface area contributed by atoms with E-state index in [0.717, 1.165) is 25.7 Å². The molecule has 9 nitrogen and oxygen atoms in total. The van der Waals surface area contributed by atoms with Gasteiger partial charge in [-0.05, 0) is 43.4 Å². The van der Waals surface area contributed by atoms with Crippen LogP contribution in [0.2, 0.25) is 0 Å². The summed E-state index contributed by atoms with van der Waals surface area (Å²) in [4.78, 5) is 40.1. The first-order valence-electron chi connectivity index (χ1n) is 9.99. The Morgan fingerprint density at radius 1 is 1.13 bits per heavy atom. The molecule has 1 amide bonds. The molecule has 0 atom stereocenters. The number of nitrogens with zero attached hydrogens (tertiary/aromatic N) is 2. The molecule has 0 fully saturated rings. The van der Waals surface area contributed by atoms with Gasteiger partial charge in [0.15, 0.2) is 0 Å². The molecule has 2 N–H and O–H groups in total. The van der Waals surface area contributed by atoms with Crippen molar-refractivity contribution in [2.45, 2.75) is 13.8 Å². The summed E-state index contributed by atoms with van der Waals surface area (Å²) < 4.78 is 5.73. The highest BCUT2D eigenvalue weighted by molar-refractivity contribution is 6.12. The molecule has 31 heavy (non-hydrogen) atoms. The topological polar surface area (TPSA) is 118 Å². The van der Waals surface area contributed by atoms with Gasteiger partial charge in [-0.15, -0.1) is 0 Å². The number of anilines is 1. The highest BCUT2D eigenvalue weighted by Gasteiger charge is 2.15. The van der Waals surface area contributed by atoms with E-state index in [-0.39, 0.29) is 11.3 Å². The average Bonchev–Trinajstić information content (AvgIpc) is 2.76. The first-order chi connectivity index (χ1) is 14.9. The first-order valence-corrected chi connectivity index (χ1v) is 9.99. The zero-order valence-electron chi connectivity index (χ0n) is 17.4. The lowest BCUT2D eigenvalue weighted by atomic mass is 10.1. The van der Waals surface area contributed by atoms with Gasteiger partial charge in [-0.3, -0.25) is 19.7 Å². The monoisotopic (exact) mass is 424 g/mol. The van der Waals surface area contributed by atoms with E-state index in [0.29, 0.717) is 28.9 Å². The Balaban J connectivity index is 1.74. The maximum Gasteiger partial charge on any atom is 0.270 e. The van der Waals surface area contributed by atoms with Crippen LogP contribution in [0.3, 0.4) is 0 Å². The van der Waals surface area contributed by atoms with E-state index in [1.54, 1.807) is 24.3 Å². The van der Waals surface area contributed by atoms with E-state index >= 15 is 0 Å². The second-order valence-electron chi connectivity index (χ2n) is 6.89. The minimum absolute atomic E-state index is 0.0574. The molecule has 0 spiro atoms. The van der Waals surface area contributed by atoms with Gasteiger partial charge in [-0.1, -0.05) is 13.8 Å². The average molecular weight is 424 g/mol. The normalized spacial score (nSPS) is 10.9. The Kier molecular flexibility index (Phi) is 6.99. The van der Waals surface area contributed by atoms with E-state index in [1.165, 1.54) is 18.2 Å². The van der Waals surface area contributed by atoms with Crippen molar-refractivity contribution in [2.24, 2.45) is 0 Å². The van der Waals surface area contributed by atoms with Gasteiger partial charge < -0.3 is 19.9 Å². The maximum atomic E-state index is 12.8. The van der Waals surface area contributed by atoms with Gasteiger partial charge in [-0.25, -0.2) is 0 Å². The number of hydrogen-bond donors (Lipinski definition) is 2. The summed E-state index contributed by atoms with van der Waals surface area (Å²) in [6.07, 6.45) is 0. The minimum Gasteiger partial charge on any atom is -0.492 e. The van der Waals surface area contributed by atoms with E-state index in [1.807, 2.05) is 0 Å². The maximum absolute atomic E-state index is 12.8. The van der Waals surface area contributed by atoms with Crippen molar-refractivity contribution >= 4 is 28.2 Å². The van der Waals surface area contributed by atoms with Crippen LogP contribution in [0, 0.1) is 10.1 Å². The number of nitrogens with one attached hydrogen (secondary N) is 2. The molecular weight excluding hydrogens is 400 g/mol. The predicted octanol–water partition coefficient (Wildman–Crippen LogP) is 3.41. The Hall–Kier alpha value is -3.72. The molecule has 9 heteroatoms. The van der Waals surface area contributed by atoms with Crippen molar-refractivity contribution in [1.29, 1.82) is 0 Å². The van der Waals surface area contributed by atoms with Crippen LogP contribution in [0.5, 0.6) is 5.75 Å². The molecule has 0 saturated heterocycles. The summed E-state index contributed by atoms with van der Waals surface area (Å²) in [7, 11) is 0. The highest BCUT2D eigenvalue weighted by Crippen LogP contribution is 2.23. The zero-order chi connectivity index (χ0) is 22.4. The van der Waals surface area contributed by atoms with Crippen molar-refractivity contribution in [2.75, 3.05) is 31.6 Å². The fourth-order valence-corrected chi connectivity index (χ4v) is 3.21. The van der Waals surface area contributed by atoms with Crippen LogP contribution in [0.25, 0.3) is 10.9 Å². The van der Waals surface area contributed by atoms with Gasteiger partial charge in [0.2, 0.25) is 5.56 Å². The number of aromatic nitrogens is 1. The number of nitro benzene ring substituents is 1. The third kappa shape index (κ3) is 5.46. The number of pyridine rings is 1. The minimum atomic E-state index is -0.550. The standard InChI is InChI=1S/C22H24N4O5/c1-3-25(4-2)11-12-31-17-8-5-15(6-9-17)23-22(28)19-14-21(27)24-20-10-7-16(26(29)30)13-18(19)20/h5-10,13-14H,3-4,11-12H2,1-2H3,(H,23,28)(H,24,27). The number of carbonyl (C=O) groups excluding carboxylic acids is 1. The number of likely N-dealkylation sites (N-methyl/N-ethyl adjacent to an activating group) is 1. The Morgan fingerprint density at radius 3 is 2.48 bits per heavy atom. The number of benzene rings is 2. The largest absolute Gasteiger partial charge is 0.492 e. The molecule has 1 heterocycles. The van der Waals surface area contributed by atoms with Gasteiger partial charge >= 0.3 is 0 Å². The third-order valence-corrected chi connectivity index (χ3v) is 4.96. The van der Waals surface area contributed by atoms with Crippen molar-refractivity contribution < 1.29 is 14.5 Å². The van der Waals surface area contributed by atoms with Gasteiger partial charge in [0, 0.05) is 41.3 Å². The summed E-state index contributed by atoms with van der Waals surface area (Å²) in [5, 5.41) is 14.1. The summed E-state index contributed by atoms with van der Waals surface area (Å²) in [5.74, 6) is 0.147. The Labute approximate surface area is 178 Å². The molecule has 1 aromatic heterocycles. The van der Waals surface area contributed by atoms with E-state index in [4.69, 9.17) is 4.74 Å². The molecule has 0 bridgehead atoms. The van der Waals surface area contributed by atoms with Crippen molar-refractivity contribution in [3.63, 3.8) is 0 Å². The molecule has 0 unspecified atom stereocenters. The van der Waals surface area contributed by atoms with Gasteiger partial charge in [0.1, 0.15) is 12.4 Å². The quantitative estimate of drug-likeness (QED) is 0.401. The summed E-state index contributed by atoms with van der Waals surface area (Å²) >= 11 is 0. The Bertz CT molecular complexity index is 1140.